The first-order valence-electron chi connectivity index (χ1n) is 6.26. The van der Waals surface area contributed by atoms with Crippen molar-refractivity contribution in [1.82, 2.24) is 4.98 Å². The number of nitrogens with one attached hydrogen (secondary N) is 1. The molecule has 0 amide bonds. The number of hydrogen-bond donors (Lipinski definition) is 1. The van der Waals surface area contributed by atoms with E-state index in [1.165, 1.54) is 24.8 Å². The molecule has 1 aromatic rings. The van der Waals surface area contributed by atoms with E-state index in [1.807, 2.05) is 6.20 Å². The third kappa shape index (κ3) is 3.22. The molecule has 2 nitrogen and oxygen atoms in total. The average Bonchev–Trinajstić information content (AvgIpc) is 3.01. The van der Waals surface area contributed by atoms with Gasteiger partial charge in [-0.15, -0.1) is 0 Å². The Morgan fingerprint density at radius 1 is 1.31 bits per heavy atom. The van der Waals surface area contributed by atoms with Crippen LogP contribution in [0.15, 0.2) is 18.3 Å². The van der Waals surface area contributed by atoms with E-state index >= 15 is 0 Å². The summed E-state index contributed by atoms with van der Waals surface area (Å²) < 4.78 is 0. The second kappa shape index (κ2) is 4.44. The smallest absolute Gasteiger partial charge is 0.125 e. The minimum absolute atomic E-state index is 0.194. The van der Waals surface area contributed by atoms with Gasteiger partial charge in [-0.3, -0.25) is 0 Å². The second-order valence-electron chi connectivity index (χ2n) is 5.84. The quantitative estimate of drug-likeness (QED) is 0.835. The molecule has 0 aromatic carbocycles. The molecule has 1 aliphatic carbocycles. The molecule has 1 saturated carbocycles. The topological polar surface area (TPSA) is 24.9 Å². The molecule has 0 atom stereocenters. The molecule has 2 rings (SSSR count). The Labute approximate surface area is 98.5 Å². The van der Waals surface area contributed by atoms with Gasteiger partial charge >= 0.3 is 0 Å². The van der Waals surface area contributed by atoms with Crippen molar-refractivity contribution in [3.8, 4) is 0 Å². The van der Waals surface area contributed by atoms with E-state index in [0.717, 1.165) is 18.3 Å². The van der Waals surface area contributed by atoms with Crippen molar-refractivity contribution < 1.29 is 0 Å². The first kappa shape index (κ1) is 11.4. The van der Waals surface area contributed by atoms with Gasteiger partial charge in [-0.1, -0.05) is 39.7 Å². The van der Waals surface area contributed by atoms with E-state index in [4.69, 9.17) is 0 Å². The highest BCUT2D eigenvalue weighted by atomic mass is 15.0. The first-order chi connectivity index (χ1) is 7.55. The molecule has 1 heterocycles. The van der Waals surface area contributed by atoms with Gasteiger partial charge in [0, 0.05) is 12.7 Å². The van der Waals surface area contributed by atoms with Gasteiger partial charge in [-0.05, 0) is 29.4 Å². The van der Waals surface area contributed by atoms with Crippen LogP contribution in [0.3, 0.4) is 0 Å². The molecule has 0 spiro atoms. The van der Waals surface area contributed by atoms with Gasteiger partial charge in [0.25, 0.3) is 0 Å². The fourth-order valence-corrected chi connectivity index (χ4v) is 1.75. The van der Waals surface area contributed by atoms with Gasteiger partial charge in [0.1, 0.15) is 5.82 Å². The molecule has 0 aliphatic heterocycles. The Morgan fingerprint density at radius 3 is 2.56 bits per heavy atom. The lowest BCUT2D eigenvalue weighted by molar-refractivity contribution is 0.587. The fraction of sp³-hybridized carbons (Fsp3) is 0.643. The summed E-state index contributed by atoms with van der Waals surface area (Å²) in [6, 6.07) is 4.26. The minimum atomic E-state index is 0.194. The molecule has 1 fully saturated rings. The molecule has 16 heavy (non-hydrogen) atoms. The highest BCUT2D eigenvalue weighted by Gasteiger charge is 2.20. The van der Waals surface area contributed by atoms with Crippen molar-refractivity contribution in [3.63, 3.8) is 0 Å². The van der Waals surface area contributed by atoms with Crippen LogP contribution in [0.25, 0.3) is 0 Å². The van der Waals surface area contributed by atoms with Crippen LogP contribution >= 0.6 is 0 Å². The third-order valence-corrected chi connectivity index (χ3v) is 3.19. The highest BCUT2D eigenvalue weighted by Crippen LogP contribution is 2.32. The summed E-state index contributed by atoms with van der Waals surface area (Å²) in [5.74, 6) is 2.00. The van der Waals surface area contributed by atoms with Crippen LogP contribution in [0.1, 0.15) is 45.6 Å². The average molecular weight is 218 g/mol. The van der Waals surface area contributed by atoms with Gasteiger partial charge in [-0.25, -0.2) is 4.98 Å². The van der Waals surface area contributed by atoms with E-state index in [1.54, 1.807) is 0 Å². The van der Waals surface area contributed by atoms with Gasteiger partial charge in [0.15, 0.2) is 0 Å². The van der Waals surface area contributed by atoms with Gasteiger partial charge < -0.3 is 5.32 Å². The van der Waals surface area contributed by atoms with Gasteiger partial charge in [0.2, 0.25) is 0 Å². The molecular formula is C14H22N2. The molecule has 0 unspecified atom stereocenters. The molecular weight excluding hydrogens is 196 g/mol. The van der Waals surface area contributed by atoms with Crippen LogP contribution in [0, 0.1) is 5.92 Å². The largest absolute Gasteiger partial charge is 0.370 e. The van der Waals surface area contributed by atoms with E-state index < -0.39 is 0 Å². The number of pyridine rings is 1. The molecule has 1 N–H and O–H groups in total. The van der Waals surface area contributed by atoms with Crippen LogP contribution in [0.4, 0.5) is 5.82 Å². The van der Waals surface area contributed by atoms with Gasteiger partial charge in [-0.2, -0.15) is 0 Å². The number of rotatable bonds is 4. The van der Waals surface area contributed by atoms with E-state index in [-0.39, 0.29) is 5.41 Å². The first-order valence-corrected chi connectivity index (χ1v) is 6.26. The molecule has 2 heteroatoms. The zero-order chi connectivity index (χ0) is 11.6. The SMILES string of the molecule is CC(C)(C)c1ccc(NCCC2CC2)nc1. The molecule has 0 saturated heterocycles. The van der Waals surface area contributed by atoms with Crippen molar-refractivity contribution >= 4 is 5.82 Å². The zero-order valence-corrected chi connectivity index (χ0v) is 10.6. The minimum Gasteiger partial charge on any atom is -0.370 e. The highest BCUT2D eigenvalue weighted by molar-refractivity contribution is 5.37. The van der Waals surface area contributed by atoms with Crippen molar-refractivity contribution in [2.24, 2.45) is 5.92 Å². The lowest BCUT2D eigenvalue weighted by atomic mass is 9.88. The van der Waals surface area contributed by atoms with Crippen LogP contribution in [0.5, 0.6) is 0 Å². The maximum atomic E-state index is 4.45. The third-order valence-electron chi connectivity index (χ3n) is 3.19. The fourth-order valence-electron chi connectivity index (χ4n) is 1.75. The predicted molar refractivity (Wildman–Crippen MR) is 68.8 cm³/mol. The number of aromatic nitrogens is 1. The number of hydrogen-bond acceptors (Lipinski definition) is 2. The van der Waals surface area contributed by atoms with E-state index in [2.05, 4.69) is 43.2 Å². The summed E-state index contributed by atoms with van der Waals surface area (Å²) in [6.07, 6.45) is 6.14. The molecule has 0 bridgehead atoms. The summed E-state index contributed by atoms with van der Waals surface area (Å²) in [4.78, 5) is 4.45. The van der Waals surface area contributed by atoms with Crippen LogP contribution in [0.2, 0.25) is 0 Å². The molecule has 1 aromatic heterocycles. The summed E-state index contributed by atoms with van der Waals surface area (Å²) in [6.45, 7) is 7.70. The van der Waals surface area contributed by atoms with Crippen molar-refractivity contribution in [1.29, 1.82) is 0 Å². The summed E-state index contributed by atoms with van der Waals surface area (Å²) >= 11 is 0. The summed E-state index contributed by atoms with van der Waals surface area (Å²) in [5.41, 5.74) is 1.49. The normalized spacial score (nSPS) is 16.2. The Bertz CT molecular complexity index is 331. The standard InChI is InChI=1S/C14H22N2/c1-14(2,3)12-6-7-13(16-10-12)15-9-8-11-4-5-11/h6-7,10-11H,4-5,8-9H2,1-3H3,(H,15,16). The Kier molecular flexibility index (Phi) is 3.17. The number of anilines is 1. The molecule has 1 aliphatic rings. The Morgan fingerprint density at radius 2 is 2.06 bits per heavy atom. The van der Waals surface area contributed by atoms with Gasteiger partial charge in [0.05, 0.1) is 0 Å². The zero-order valence-electron chi connectivity index (χ0n) is 10.6. The monoisotopic (exact) mass is 218 g/mol. The molecule has 0 radical (unpaired) electrons. The predicted octanol–water partition coefficient (Wildman–Crippen LogP) is 3.59. The summed E-state index contributed by atoms with van der Waals surface area (Å²) in [7, 11) is 0. The Balaban J connectivity index is 1.85. The van der Waals surface area contributed by atoms with Crippen molar-refractivity contribution in [2.75, 3.05) is 11.9 Å². The maximum Gasteiger partial charge on any atom is 0.125 e. The lowest BCUT2D eigenvalue weighted by Crippen LogP contribution is -2.12. The van der Waals surface area contributed by atoms with E-state index in [9.17, 15) is 0 Å². The van der Waals surface area contributed by atoms with Crippen molar-refractivity contribution in [3.05, 3.63) is 23.9 Å². The molecule has 88 valence electrons. The Hall–Kier alpha value is -1.05. The maximum absolute atomic E-state index is 4.45. The van der Waals surface area contributed by atoms with E-state index in [0.29, 0.717) is 0 Å². The number of nitrogens with zero attached hydrogens (tertiary/aromatic N) is 1. The second-order valence-corrected chi connectivity index (χ2v) is 5.84. The van der Waals surface area contributed by atoms with Crippen molar-refractivity contribution in [2.45, 2.75) is 45.4 Å². The van der Waals surface area contributed by atoms with Crippen LogP contribution < -0.4 is 5.32 Å². The van der Waals surface area contributed by atoms with Crippen LogP contribution in [-0.2, 0) is 5.41 Å². The summed E-state index contributed by atoms with van der Waals surface area (Å²) in [5, 5.41) is 3.38. The lowest BCUT2D eigenvalue weighted by Gasteiger charge is -2.18. The van der Waals surface area contributed by atoms with Crippen LogP contribution in [-0.4, -0.2) is 11.5 Å².